The highest BCUT2D eigenvalue weighted by Gasteiger charge is 2.21. The predicted octanol–water partition coefficient (Wildman–Crippen LogP) is 4.39. The standard InChI is InChI=1S/C17H21BrFN3S.ClH/c1-12-17(23-11-21-12)10-22(8-13-5-6-20-7-13)9-14-15(18)3-2-4-16(14)19;/h2-4,11,13,20H,5-10H2,1H3;1H. The van der Waals surface area contributed by atoms with Gasteiger partial charge in [-0.3, -0.25) is 4.90 Å². The summed E-state index contributed by atoms with van der Waals surface area (Å²) >= 11 is 5.17. The maximum atomic E-state index is 14.2. The molecule has 3 nitrogen and oxygen atoms in total. The van der Waals surface area contributed by atoms with E-state index in [9.17, 15) is 4.39 Å². The largest absolute Gasteiger partial charge is 0.316 e. The summed E-state index contributed by atoms with van der Waals surface area (Å²) in [4.78, 5) is 7.96. The molecule has 0 saturated carbocycles. The summed E-state index contributed by atoms with van der Waals surface area (Å²) < 4.78 is 15.0. The van der Waals surface area contributed by atoms with Gasteiger partial charge in [0.05, 0.1) is 11.2 Å². The number of hydrogen-bond donors (Lipinski definition) is 1. The van der Waals surface area contributed by atoms with E-state index in [1.165, 1.54) is 17.4 Å². The molecule has 3 rings (SSSR count). The van der Waals surface area contributed by atoms with Gasteiger partial charge in [0.15, 0.2) is 0 Å². The van der Waals surface area contributed by atoms with Crippen LogP contribution in [0.3, 0.4) is 0 Å². The first-order valence-electron chi connectivity index (χ1n) is 7.88. The molecule has 0 spiro atoms. The van der Waals surface area contributed by atoms with Crippen molar-refractivity contribution in [1.29, 1.82) is 0 Å². The van der Waals surface area contributed by atoms with Gasteiger partial charge in [-0.05, 0) is 44.5 Å². The number of thiazole rings is 1. The highest BCUT2D eigenvalue weighted by Crippen LogP contribution is 2.25. The Hall–Kier alpha value is -0.530. The third-order valence-electron chi connectivity index (χ3n) is 4.33. The zero-order chi connectivity index (χ0) is 16.2. The Morgan fingerprint density at radius 2 is 2.25 bits per heavy atom. The fourth-order valence-corrected chi connectivity index (χ4v) is 4.29. The Balaban J connectivity index is 0.00000208. The predicted molar refractivity (Wildman–Crippen MR) is 103 cm³/mol. The van der Waals surface area contributed by atoms with Gasteiger partial charge in [-0.15, -0.1) is 23.7 Å². The van der Waals surface area contributed by atoms with Crippen molar-refractivity contribution in [2.75, 3.05) is 19.6 Å². The van der Waals surface area contributed by atoms with Gasteiger partial charge >= 0.3 is 0 Å². The molecule has 1 aromatic heterocycles. The summed E-state index contributed by atoms with van der Waals surface area (Å²) in [6.07, 6.45) is 1.19. The number of nitrogens with zero attached hydrogens (tertiary/aromatic N) is 2. The molecule has 1 saturated heterocycles. The highest BCUT2D eigenvalue weighted by molar-refractivity contribution is 9.10. The molecule has 1 fully saturated rings. The molecule has 1 unspecified atom stereocenters. The van der Waals surface area contributed by atoms with Crippen LogP contribution < -0.4 is 5.32 Å². The highest BCUT2D eigenvalue weighted by atomic mass is 79.9. The van der Waals surface area contributed by atoms with Crippen LogP contribution >= 0.6 is 39.7 Å². The van der Waals surface area contributed by atoms with Crippen molar-refractivity contribution in [3.05, 3.63) is 50.1 Å². The summed E-state index contributed by atoms with van der Waals surface area (Å²) in [6, 6.07) is 5.18. The lowest BCUT2D eigenvalue weighted by atomic mass is 10.1. The lowest BCUT2D eigenvalue weighted by molar-refractivity contribution is 0.219. The van der Waals surface area contributed by atoms with Gasteiger partial charge in [-0.25, -0.2) is 9.37 Å². The Bertz CT molecular complexity index is 641. The van der Waals surface area contributed by atoms with Crippen LogP contribution in [0.25, 0.3) is 0 Å². The molecular formula is C17H22BrClFN3S. The van der Waals surface area contributed by atoms with E-state index in [2.05, 4.69) is 31.1 Å². The van der Waals surface area contributed by atoms with Crippen molar-refractivity contribution in [2.45, 2.75) is 26.4 Å². The van der Waals surface area contributed by atoms with Crippen molar-refractivity contribution in [1.82, 2.24) is 15.2 Å². The molecule has 2 aromatic rings. The van der Waals surface area contributed by atoms with E-state index in [1.807, 2.05) is 18.5 Å². The van der Waals surface area contributed by atoms with Gasteiger partial charge in [-0.2, -0.15) is 0 Å². The molecule has 1 aliphatic rings. The van der Waals surface area contributed by atoms with Crippen molar-refractivity contribution in [3.63, 3.8) is 0 Å². The van der Waals surface area contributed by atoms with E-state index in [4.69, 9.17) is 0 Å². The Morgan fingerprint density at radius 3 is 2.88 bits per heavy atom. The minimum Gasteiger partial charge on any atom is -0.316 e. The lowest BCUT2D eigenvalue weighted by Crippen LogP contribution is -2.30. The quantitative estimate of drug-likeness (QED) is 0.731. The van der Waals surface area contributed by atoms with Crippen LogP contribution in [-0.4, -0.2) is 29.5 Å². The molecule has 24 heavy (non-hydrogen) atoms. The van der Waals surface area contributed by atoms with Crippen LogP contribution in [0.4, 0.5) is 4.39 Å². The van der Waals surface area contributed by atoms with Gasteiger partial charge < -0.3 is 5.32 Å². The molecule has 0 amide bonds. The molecule has 1 aliphatic heterocycles. The maximum absolute atomic E-state index is 14.2. The monoisotopic (exact) mass is 433 g/mol. The number of aryl methyl sites for hydroxylation is 1. The molecular weight excluding hydrogens is 413 g/mol. The zero-order valence-corrected chi connectivity index (χ0v) is 16.8. The fourth-order valence-electron chi connectivity index (χ4n) is 3.01. The third-order valence-corrected chi connectivity index (χ3v) is 6.00. The van der Waals surface area contributed by atoms with Crippen molar-refractivity contribution < 1.29 is 4.39 Å². The molecule has 1 N–H and O–H groups in total. The van der Waals surface area contributed by atoms with E-state index in [1.54, 1.807) is 17.4 Å². The van der Waals surface area contributed by atoms with Gasteiger partial charge in [0.25, 0.3) is 0 Å². The normalized spacial score (nSPS) is 17.2. The van der Waals surface area contributed by atoms with Crippen LogP contribution in [-0.2, 0) is 13.1 Å². The Kier molecular flexibility index (Phi) is 7.62. The zero-order valence-electron chi connectivity index (χ0n) is 13.6. The summed E-state index contributed by atoms with van der Waals surface area (Å²) in [7, 11) is 0. The number of hydrogen-bond acceptors (Lipinski definition) is 4. The Labute approximate surface area is 161 Å². The van der Waals surface area contributed by atoms with Crippen molar-refractivity contribution >= 4 is 39.7 Å². The van der Waals surface area contributed by atoms with Gasteiger partial charge in [0, 0.05) is 34.5 Å². The van der Waals surface area contributed by atoms with Crippen LogP contribution in [0, 0.1) is 18.7 Å². The van der Waals surface area contributed by atoms with Gasteiger partial charge in [-0.1, -0.05) is 22.0 Å². The van der Waals surface area contributed by atoms with E-state index in [0.717, 1.165) is 41.9 Å². The molecule has 2 heterocycles. The number of rotatable bonds is 6. The van der Waals surface area contributed by atoms with Gasteiger partial charge in [0.2, 0.25) is 0 Å². The molecule has 0 radical (unpaired) electrons. The average molecular weight is 435 g/mol. The first-order valence-corrected chi connectivity index (χ1v) is 9.55. The van der Waals surface area contributed by atoms with E-state index in [0.29, 0.717) is 12.5 Å². The number of halogens is 3. The second kappa shape index (κ2) is 9.25. The van der Waals surface area contributed by atoms with Crippen molar-refractivity contribution in [3.8, 4) is 0 Å². The maximum Gasteiger partial charge on any atom is 0.128 e. The van der Waals surface area contributed by atoms with E-state index < -0.39 is 0 Å². The summed E-state index contributed by atoms with van der Waals surface area (Å²) in [5.74, 6) is 0.490. The average Bonchev–Trinajstić information content (AvgIpc) is 3.16. The van der Waals surface area contributed by atoms with E-state index >= 15 is 0 Å². The summed E-state index contributed by atoms with van der Waals surface area (Å²) in [6.45, 7) is 6.60. The van der Waals surface area contributed by atoms with Crippen molar-refractivity contribution in [2.24, 2.45) is 5.92 Å². The molecule has 7 heteroatoms. The third kappa shape index (κ3) is 4.99. The minimum absolute atomic E-state index is 0. The topological polar surface area (TPSA) is 28.2 Å². The van der Waals surface area contributed by atoms with Crippen LogP contribution in [0.15, 0.2) is 28.2 Å². The molecule has 0 bridgehead atoms. The fraction of sp³-hybridized carbons (Fsp3) is 0.471. The lowest BCUT2D eigenvalue weighted by Gasteiger charge is -2.25. The minimum atomic E-state index is -0.144. The molecule has 0 aliphatic carbocycles. The summed E-state index contributed by atoms with van der Waals surface area (Å²) in [5, 5.41) is 3.41. The van der Waals surface area contributed by atoms with Gasteiger partial charge in [0.1, 0.15) is 5.82 Å². The molecule has 132 valence electrons. The van der Waals surface area contributed by atoms with E-state index in [-0.39, 0.29) is 18.2 Å². The first-order chi connectivity index (χ1) is 11.1. The van der Waals surface area contributed by atoms with Crippen LogP contribution in [0.2, 0.25) is 0 Å². The smallest absolute Gasteiger partial charge is 0.128 e. The van der Waals surface area contributed by atoms with Crippen LogP contribution in [0.5, 0.6) is 0 Å². The number of nitrogens with one attached hydrogen (secondary N) is 1. The summed E-state index contributed by atoms with van der Waals surface area (Å²) in [5.41, 5.74) is 3.71. The number of benzene rings is 1. The number of aromatic nitrogens is 1. The Morgan fingerprint density at radius 1 is 1.42 bits per heavy atom. The first kappa shape index (κ1) is 19.8. The van der Waals surface area contributed by atoms with Crippen LogP contribution in [0.1, 0.15) is 22.6 Å². The SMILES string of the molecule is Cc1ncsc1CN(Cc1c(F)cccc1Br)CC1CCNC1.Cl. The molecule has 1 atom stereocenters. The molecule has 1 aromatic carbocycles. The second-order valence-electron chi connectivity index (χ2n) is 6.09. The second-order valence-corrected chi connectivity index (χ2v) is 7.88.